The molecule has 0 fully saturated rings. The first-order chi connectivity index (χ1) is 6.63. The zero-order valence-electron chi connectivity index (χ0n) is 7.40. The van der Waals surface area contributed by atoms with Crippen molar-refractivity contribution in [1.29, 1.82) is 0 Å². The Balaban J connectivity index is 2.47. The Morgan fingerprint density at radius 1 is 1.50 bits per heavy atom. The number of likely N-dealkylation sites (N-methyl/N-ethyl adjacent to an activating group) is 1. The third-order valence-electron chi connectivity index (χ3n) is 1.32. The highest BCUT2D eigenvalue weighted by atomic mass is 32.1. The number of amides is 2. The highest BCUT2D eigenvalue weighted by Gasteiger charge is 2.11. The van der Waals surface area contributed by atoms with Gasteiger partial charge in [0.2, 0.25) is 16.0 Å². The average Bonchev–Trinajstić information content (AvgIpc) is 2.60. The van der Waals surface area contributed by atoms with Gasteiger partial charge in [0, 0.05) is 7.05 Å². The molecule has 0 aliphatic heterocycles. The molecule has 2 amide bonds. The van der Waals surface area contributed by atoms with Crippen LogP contribution < -0.4 is 16.4 Å². The maximum atomic E-state index is 11.2. The Labute approximate surface area is 83.7 Å². The SMILES string of the molecule is CNC(=O)CNC(=O)c1nnc(N)s1. The summed E-state index contributed by atoms with van der Waals surface area (Å²) in [5.41, 5.74) is 5.28. The van der Waals surface area contributed by atoms with E-state index < -0.39 is 5.91 Å². The molecule has 0 atom stereocenters. The third-order valence-corrected chi connectivity index (χ3v) is 2.07. The van der Waals surface area contributed by atoms with Crippen molar-refractivity contribution in [1.82, 2.24) is 20.8 Å². The van der Waals surface area contributed by atoms with E-state index in [1.807, 2.05) is 0 Å². The number of nitrogens with two attached hydrogens (primary N) is 1. The molecular weight excluding hydrogens is 206 g/mol. The molecule has 0 unspecified atom stereocenters. The molecule has 8 heteroatoms. The lowest BCUT2D eigenvalue weighted by molar-refractivity contribution is -0.119. The first-order valence-electron chi connectivity index (χ1n) is 3.71. The Kier molecular flexibility index (Phi) is 3.35. The van der Waals surface area contributed by atoms with Gasteiger partial charge in [0.15, 0.2) is 0 Å². The molecule has 1 aromatic heterocycles. The number of nitrogens with zero attached hydrogens (tertiary/aromatic N) is 2. The fourth-order valence-corrected chi connectivity index (χ4v) is 1.18. The summed E-state index contributed by atoms with van der Waals surface area (Å²) in [5.74, 6) is -0.737. The van der Waals surface area contributed by atoms with Gasteiger partial charge in [-0.1, -0.05) is 11.3 Å². The molecule has 0 spiro atoms. The van der Waals surface area contributed by atoms with Crippen LogP contribution in [-0.2, 0) is 4.79 Å². The van der Waals surface area contributed by atoms with Gasteiger partial charge in [-0.15, -0.1) is 10.2 Å². The summed E-state index contributed by atoms with van der Waals surface area (Å²) in [7, 11) is 1.48. The van der Waals surface area contributed by atoms with Crippen LogP contribution >= 0.6 is 11.3 Å². The van der Waals surface area contributed by atoms with Crippen LogP contribution in [0.3, 0.4) is 0 Å². The number of hydrogen-bond acceptors (Lipinski definition) is 6. The first kappa shape index (κ1) is 10.4. The molecule has 0 aliphatic carbocycles. The first-order valence-corrected chi connectivity index (χ1v) is 4.53. The molecule has 1 aromatic rings. The molecule has 1 rings (SSSR count). The number of nitrogen functional groups attached to an aromatic ring is 1. The van der Waals surface area contributed by atoms with Crippen molar-refractivity contribution < 1.29 is 9.59 Å². The second-order valence-electron chi connectivity index (χ2n) is 2.30. The molecule has 0 aromatic carbocycles. The minimum atomic E-state index is -0.456. The number of anilines is 1. The van der Waals surface area contributed by atoms with Gasteiger partial charge in [-0.3, -0.25) is 9.59 Å². The van der Waals surface area contributed by atoms with E-state index in [2.05, 4.69) is 20.8 Å². The lowest BCUT2D eigenvalue weighted by atomic mass is 10.5. The lowest BCUT2D eigenvalue weighted by Gasteiger charge is -1.99. The molecule has 0 saturated carbocycles. The van der Waals surface area contributed by atoms with Crippen molar-refractivity contribution in [3.63, 3.8) is 0 Å². The van der Waals surface area contributed by atoms with Gasteiger partial charge in [-0.25, -0.2) is 0 Å². The number of rotatable bonds is 3. The van der Waals surface area contributed by atoms with Crippen LogP contribution in [0.4, 0.5) is 5.13 Å². The van der Waals surface area contributed by atoms with Gasteiger partial charge in [0.25, 0.3) is 5.91 Å². The van der Waals surface area contributed by atoms with E-state index in [4.69, 9.17) is 5.73 Å². The van der Waals surface area contributed by atoms with Crippen LogP contribution in [0.2, 0.25) is 0 Å². The van der Waals surface area contributed by atoms with Crippen LogP contribution in [0.25, 0.3) is 0 Å². The van der Waals surface area contributed by atoms with Gasteiger partial charge in [-0.2, -0.15) is 0 Å². The number of carbonyl (C=O) groups is 2. The quantitative estimate of drug-likeness (QED) is 0.574. The predicted octanol–water partition coefficient (Wildman–Crippen LogP) is -1.40. The smallest absolute Gasteiger partial charge is 0.282 e. The summed E-state index contributed by atoms with van der Waals surface area (Å²) in [6.07, 6.45) is 0. The molecule has 1 heterocycles. The summed E-state index contributed by atoms with van der Waals surface area (Å²) in [6.45, 7) is -0.0885. The van der Waals surface area contributed by atoms with Crippen molar-refractivity contribution in [2.24, 2.45) is 0 Å². The van der Waals surface area contributed by atoms with Gasteiger partial charge in [-0.05, 0) is 0 Å². The standard InChI is InChI=1S/C6H9N5O2S/c1-8-3(12)2-9-4(13)5-10-11-6(7)14-5/h2H2,1H3,(H2,7,11)(H,8,12)(H,9,13). The minimum absolute atomic E-state index is 0.0885. The predicted molar refractivity (Wildman–Crippen MR) is 50.7 cm³/mol. The lowest BCUT2D eigenvalue weighted by Crippen LogP contribution is -2.35. The minimum Gasteiger partial charge on any atom is -0.374 e. The Bertz CT molecular complexity index is 350. The second-order valence-corrected chi connectivity index (χ2v) is 3.31. The summed E-state index contributed by atoms with van der Waals surface area (Å²) in [6, 6.07) is 0. The number of carbonyl (C=O) groups excluding carboxylic acids is 2. The van der Waals surface area contributed by atoms with E-state index in [1.165, 1.54) is 7.05 Å². The number of hydrogen-bond donors (Lipinski definition) is 3. The van der Waals surface area contributed by atoms with Crippen molar-refractivity contribution in [3.8, 4) is 0 Å². The van der Waals surface area contributed by atoms with Crippen LogP contribution in [0.5, 0.6) is 0 Å². The van der Waals surface area contributed by atoms with Crippen molar-refractivity contribution in [3.05, 3.63) is 5.01 Å². The molecule has 0 bridgehead atoms. The Morgan fingerprint density at radius 2 is 2.21 bits per heavy atom. The van der Waals surface area contributed by atoms with E-state index >= 15 is 0 Å². The molecule has 76 valence electrons. The number of nitrogens with one attached hydrogen (secondary N) is 2. The van der Waals surface area contributed by atoms with Crippen LogP contribution in [-0.4, -0.2) is 35.6 Å². The summed E-state index contributed by atoms with van der Waals surface area (Å²) < 4.78 is 0. The largest absolute Gasteiger partial charge is 0.374 e. The van der Waals surface area contributed by atoms with Crippen molar-refractivity contribution >= 4 is 28.3 Å². The van der Waals surface area contributed by atoms with Gasteiger partial charge in [0.05, 0.1) is 6.54 Å². The van der Waals surface area contributed by atoms with Crippen LogP contribution in [0.15, 0.2) is 0 Å². The van der Waals surface area contributed by atoms with Gasteiger partial charge < -0.3 is 16.4 Å². The summed E-state index contributed by atoms with van der Waals surface area (Å²) >= 11 is 0.967. The van der Waals surface area contributed by atoms with E-state index in [-0.39, 0.29) is 22.6 Å². The molecule has 0 radical (unpaired) electrons. The van der Waals surface area contributed by atoms with E-state index in [0.29, 0.717) is 0 Å². The molecular formula is C6H9N5O2S. The summed E-state index contributed by atoms with van der Waals surface area (Å²) in [4.78, 5) is 22.0. The van der Waals surface area contributed by atoms with Gasteiger partial charge >= 0.3 is 0 Å². The van der Waals surface area contributed by atoms with E-state index in [9.17, 15) is 9.59 Å². The normalized spacial score (nSPS) is 9.50. The monoisotopic (exact) mass is 215 g/mol. The maximum absolute atomic E-state index is 11.2. The maximum Gasteiger partial charge on any atom is 0.282 e. The topological polar surface area (TPSA) is 110 Å². The van der Waals surface area contributed by atoms with Gasteiger partial charge in [0.1, 0.15) is 0 Å². The van der Waals surface area contributed by atoms with E-state index in [1.54, 1.807) is 0 Å². The second kappa shape index (κ2) is 4.51. The molecule has 0 aliphatic rings. The molecule has 7 nitrogen and oxygen atoms in total. The fraction of sp³-hybridized carbons (Fsp3) is 0.333. The van der Waals surface area contributed by atoms with E-state index in [0.717, 1.165) is 11.3 Å². The zero-order chi connectivity index (χ0) is 10.6. The molecule has 14 heavy (non-hydrogen) atoms. The highest BCUT2D eigenvalue weighted by molar-refractivity contribution is 7.16. The molecule has 4 N–H and O–H groups in total. The van der Waals surface area contributed by atoms with Crippen molar-refractivity contribution in [2.45, 2.75) is 0 Å². The van der Waals surface area contributed by atoms with Crippen LogP contribution in [0.1, 0.15) is 9.80 Å². The zero-order valence-corrected chi connectivity index (χ0v) is 8.22. The Hall–Kier alpha value is -1.70. The van der Waals surface area contributed by atoms with Crippen LogP contribution in [0, 0.1) is 0 Å². The summed E-state index contributed by atoms with van der Waals surface area (Å²) in [5, 5.41) is 12.1. The molecule has 0 saturated heterocycles. The Morgan fingerprint density at radius 3 is 2.71 bits per heavy atom. The highest BCUT2D eigenvalue weighted by Crippen LogP contribution is 2.09. The average molecular weight is 215 g/mol. The third kappa shape index (κ3) is 2.66. The fourth-order valence-electron chi connectivity index (χ4n) is 0.651. The van der Waals surface area contributed by atoms with Crippen molar-refractivity contribution in [2.75, 3.05) is 19.3 Å². The number of aromatic nitrogens is 2.